The van der Waals surface area contributed by atoms with E-state index in [4.69, 9.17) is 13.9 Å². The maximum absolute atomic E-state index is 13.9. The van der Waals surface area contributed by atoms with E-state index >= 15 is 0 Å². The average molecular weight is 586 g/mol. The minimum absolute atomic E-state index is 0.0151. The van der Waals surface area contributed by atoms with Crippen molar-refractivity contribution in [3.63, 3.8) is 0 Å². The number of ether oxygens (including phenoxy) is 2. The zero-order chi connectivity index (χ0) is 29.5. The smallest absolute Gasteiger partial charge is 0.316 e. The third kappa shape index (κ3) is 6.58. The molecule has 0 radical (unpaired) electrons. The van der Waals surface area contributed by atoms with Crippen LogP contribution in [0.2, 0.25) is 0 Å². The Kier molecular flexibility index (Phi) is 8.77. The third-order valence-corrected chi connectivity index (χ3v) is 7.99. The standard InChI is InChI=1S/C31H31N5O5S/c1-22(2)20-36(42(37,38)26-8-5-4-6-9-26)29-28(24-13-11-23(3)12-14-24)30(35-21-34-29)40-16-17-41-31-32-18-25(19-33-31)27-10-7-15-39-27/h4-15,18-19,21-22H,16-17,20H2,1-3H3. The van der Waals surface area contributed by atoms with E-state index in [0.29, 0.717) is 11.3 Å². The maximum atomic E-state index is 13.9. The molecule has 0 N–H and O–H groups in total. The van der Waals surface area contributed by atoms with E-state index in [9.17, 15) is 8.42 Å². The predicted molar refractivity (Wildman–Crippen MR) is 159 cm³/mol. The SMILES string of the molecule is Cc1ccc(-c2c(OCCOc3ncc(-c4ccco4)cn3)ncnc2N(CC(C)C)S(=O)(=O)c2ccccc2)cc1. The number of benzene rings is 2. The van der Waals surface area contributed by atoms with E-state index in [-0.39, 0.29) is 48.3 Å². The molecule has 10 nitrogen and oxygen atoms in total. The summed E-state index contributed by atoms with van der Waals surface area (Å²) in [4.78, 5) is 17.5. The molecule has 0 aliphatic heterocycles. The van der Waals surface area contributed by atoms with Crippen LogP contribution in [0.15, 0.2) is 101 Å². The van der Waals surface area contributed by atoms with Crippen molar-refractivity contribution in [3.05, 3.63) is 97.3 Å². The Balaban J connectivity index is 1.43. The molecule has 216 valence electrons. The summed E-state index contributed by atoms with van der Waals surface area (Å²) in [7, 11) is -3.95. The van der Waals surface area contributed by atoms with Crippen LogP contribution in [0.4, 0.5) is 5.82 Å². The Morgan fingerprint density at radius 1 is 0.833 bits per heavy atom. The minimum Gasteiger partial charge on any atom is -0.473 e. The van der Waals surface area contributed by atoms with Gasteiger partial charge in [0.25, 0.3) is 10.0 Å². The van der Waals surface area contributed by atoms with Crippen molar-refractivity contribution in [1.29, 1.82) is 0 Å². The lowest BCUT2D eigenvalue weighted by Crippen LogP contribution is -2.35. The molecule has 3 heterocycles. The quantitative estimate of drug-likeness (QED) is 0.167. The summed E-state index contributed by atoms with van der Waals surface area (Å²) in [6.07, 6.45) is 6.13. The number of aryl methyl sites for hydroxylation is 1. The van der Waals surface area contributed by atoms with Crippen LogP contribution in [0.3, 0.4) is 0 Å². The fraction of sp³-hybridized carbons (Fsp3) is 0.226. The molecule has 0 aliphatic carbocycles. The Labute approximate surface area is 245 Å². The molecule has 0 aliphatic rings. The second kappa shape index (κ2) is 12.8. The van der Waals surface area contributed by atoms with E-state index in [2.05, 4.69) is 19.9 Å². The first-order valence-electron chi connectivity index (χ1n) is 13.4. The van der Waals surface area contributed by atoms with Gasteiger partial charge in [0.1, 0.15) is 25.3 Å². The molecule has 0 bridgehead atoms. The van der Waals surface area contributed by atoms with Crippen molar-refractivity contribution >= 4 is 15.8 Å². The Hall–Kier alpha value is -4.77. The fourth-order valence-corrected chi connectivity index (χ4v) is 5.83. The number of anilines is 1. The number of hydrogen-bond donors (Lipinski definition) is 0. The zero-order valence-electron chi connectivity index (χ0n) is 23.5. The maximum Gasteiger partial charge on any atom is 0.316 e. The topological polar surface area (TPSA) is 121 Å². The molecule has 5 rings (SSSR count). The molecule has 0 amide bonds. The number of aromatic nitrogens is 4. The summed E-state index contributed by atoms with van der Waals surface area (Å²) in [6.45, 7) is 6.34. The lowest BCUT2D eigenvalue weighted by atomic mass is 10.1. The first kappa shape index (κ1) is 28.7. The van der Waals surface area contributed by atoms with Crippen molar-refractivity contribution in [2.45, 2.75) is 25.7 Å². The van der Waals surface area contributed by atoms with Crippen LogP contribution >= 0.6 is 0 Å². The van der Waals surface area contributed by atoms with E-state index in [1.165, 1.54) is 10.6 Å². The summed E-state index contributed by atoms with van der Waals surface area (Å²) in [6, 6.07) is 19.8. The summed E-state index contributed by atoms with van der Waals surface area (Å²) < 4.78 is 46.3. The van der Waals surface area contributed by atoms with Gasteiger partial charge in [0.05, 0.1) is 22.3 Å². The monoisotopic (exact) mass is 585 g/mol. The number of nitrogens with zero attached hydrogens (tertiary/aromatic N) is 5. The van der Waals surface area contributed by atoms with E-state index in [0.717, 1.165) is 16.7 Å². The number of hydrogen-bond acceptors (Lipinski definition) is 9. The lowest BCUT2D eigenvalue weighted by Gasteiger charge is -2.27. The van der Waals surface area contributed by atoms with Crippen molar-refractivity contribution in [2.75, 3.05) is 24.1 Å². The molecule has 3 aromatic heterocycles. The van der Waals surface area contributed by atoms with Gasteiger partial charge >= 0.3 is 6.01 Å². The highest BCUT2D eigenvalue weighted by Crippen LogP contribution is 2.38. The van der Waals surface area contributed by atoms with E-state index in [1.807, 2.05) is 51.1 Å². The van der Waals surface area contributed by atoms with Gasteiger partial charge in [-0.2, -0.15) is 0 Å². The Morgan fingerprint density at radius 3 is 2.21 bits per heavy atom. The summed E-state index contributed by atoms with van der Waals surface area (Å²) >= 11 is 0. The number of furan rings is 1. The van der Waals surface area contributed by atoms with Gasteiger partial charge in [-0.3, -0.25) is 0 Å². The van der Waals surface area contributed by atoms with Gasteiger partial charge in [-0.1, -0.05) is 61.9 Å². The minimum atomic E-state index is -3.95. The molecule has 0 atom stereocenters. The Morgan fingerprint density at radius 2 is 1.55 bits per heavy atom. The largest absolute Gasteiger partial charge is 0.473 e. The van der Waals surface area contributed by atoms with E-state index < -0.39 is 10.0 Å². The summed E-state index contributed by atoms with van der Waals surface area (Å²) in [5, 5.41) is 0. The molecular formula is C31H31N5O5S. The van der Waals surface area contributed by atoms with Crippen molar-refractivity contribution in [3.8, 4) is 34.3 Å². The highest BCUT2D eigenvalue weighted by molar-refractivity contribution is 7.92. The van der Waals surface area contributed by atoms with Crippen molar-refractivity contribution in [1.82, 2.24) is 19.9 Å². The van der Waals surface area contributed by atoms with Gasteiger partial charge in [-0.25, -0.2) is 32.7 Å². The highest BCUT2D eigenvalue weighted by atomic mass is 32.2. The molecule has 0 spiro atoms. The van der Waals surface area contributed by atoms with E-state index in [1.54, 1.807) is 55.1 Å². The van der Waals surface area contributed by atoms with Gasteiger partial charge in [0.15, 0.2) is 5.82 Å². The van der Waals surface area contributed by atoms with Gasteiger partial charge in [-0.15, -0.1) is 0 Å². The first-order valence-corrected chi connectivity index (χ1v) is 14.9. The van der Waals surface area contributed by atoms with Crippen molar-refractivity contribution < 1.29 is 22.3 Å². The molecule has 0 saturated heterocycles. The van der Waals surface area contributed by atoms with Gasteiger partial charge in [-0.05, 0) is 42.7 Å². The molecule has 5 aromatic rings. The van der Waals surface area contributed by atoms with Crippen LogP contribution in [0.1, 0.15) is 19.4 Å². The normalized spacial score (nSPS) is 11.4. The second-order valence-corrected chi connectivity index (χ2v) is 11.8. The number of rotatable bonds is 12. The highest BCUT2D eigenvalue weighted by Gasteiger charge is 2.31. The van der Waals surface area contributed by atoms with Crippen LogP contribution in [-0.2, 0) is 10.0 Å². The predicted octanol–water partition coefficient (Wildman–Crippen LogP) is 5.81. The second-order valence-electron chi connectivity index (χ2n) is 9.92. The molecule has 42 heavy (non-hydrogen) atoms. The molecule has 11 heteroatoms. The molecule has 0 unspecified atom stereocenters. The average Bonchev–Trinajstić information content (AvgIpc) is 3.54. The van der Waals surface area contributed by atoms with Crippen molar-refractivity contribution in [2.24, 2.45) is 5.92 Å². The summed E-state index contributed by atoms with van der Waals surface area (Å²) in [5.74, 6) is 1.15. The van der Waals surface area contributed by atoms with Gasteiger partial charge < -0.3 is 13.9 Å². The molecular weight excluding hydrogens is 554 g/mol. The van der Waals surface area contributed by atoms with Gasteiger partial charge in [0.2, 0.25) is 5.88 Å². The Bertz CT molecular complexity index is 1690. The fourth-order valence-electron chi connectivity index (χ4n) is 4.21. The zero-order valence-corrected chi connectivity index (χ0v) is 24.4. The van der Waals surface area contributed by atoms with Crippen LogP contribution < -0.4 is 13.8 Å². The third-order valence-electron chi connectivity index (χ3n) is 6.22. The lowest BCUT2D eigenvalue weighted by molar-refractivity contribution is 0.202. The molecule has 0 fully saturated rings. The van der Waals surface area contributed by atoms with Gasteiger partial charge in [0, 0.05) is 18.9 Å². The van der Waals surface area contributed by atoms with Crippen LogP contribution in [0.25, 0.3) is 22.5 Å². The van der Waals surface area contributed by atoms with Crippen LogP contribution in [-0.4, -0.2) is 48.1 Å². The first-order chi connectivity index (χ1) is 20.3. The number of sulfonamides is 1. The molecule has 0 saturated carbocycles. The van der Waals surface area contributed by atoms with Crippen LogP contribution in [0.5, 0.6) is 11.9 Å². The molecule has 2 aromatic carbocycles. The van der Waals surface area contributed by atoms with Crippen LogP contribution in [0, 0.1) is 12.8 Å². The summed E-state index contributed by atoms with van der Waals surface area (Å²) in [5.41, 5.74) is 2.98.